The molecule has 17 heavy (non-hydrogen) atoms. The molecule has 4 heteroatoms. The Labute approximate surface area is 100 Å². The maximum Gasteiger partial charge on any atom is 0.123 e. The van der Waals surface area contributed by atoms with Crippen molar-refractivity contribution in [1.29, 1.82) is 0 Å². The van der Waals surface area contributed by atoms with Crippen LogP contribution < -0.4 is 11.5 Å². The molecule has 1 aromatic heterocycles. The average Bonchev–Trinajstić information content (AvgIpc) is 2.79. The molecule has 0 aliphatic carbocycles. The van der Waals surface area contributed by atoms with Crippen LogP contribution in [0.5, 0.6) is 0 Å². The SMILES string of the molecule is C=CCC(N)c1ncc(-c2ccccc2N)[nH]1. The van der Waals surface area contributed by atoms with Gasteiger partial charge in [-0.1, -0.05) is 24.3 Å². The Morgan fingerprint density at radius 2 is 2.18 bits per heavy atom. The number of imidazole rings is 1. The van der Waals surface area contributed by atoms with Gasteiger partial charge in [0.2, 0.25) is 0 Å². The van der Waals surface area contributed by atoms with E-state index in [2.05, 4.69) is 16.5 Å². The summed E-state index contributed by atoms with van der Waals surface area (Å²) in [7, 11) is 0. The zero-order chi connectivity index (χ0) is 12.3. The van der Waals surface area contributed by atoms with E-state index >= 15 is 0 Å². The fraction of sp³-hybridized carbons (Fsp3) is 0.154. The highest BCUT2D eigenvalue weighted by atomic mass is 15.0. The first kappa shape index (κ1) is 11.4. The molecule has 5 N–H and O–H groups in total. The van der Waals surface area contributed by atoms with Gasteiger partial charge in [-0.25, -0.2) is 4.98 Å². The molecule has 0 aliphatic rings. The molecular weight excluding hydrogens is 212 g/mol. The van der Waals surface area contributed by atoms with Gasteiger partial charge >= 0.3 is 0 Å². The molecule has 0 spiro atoms. The van der Waals surface area contributed by atoms with Gasteiger partial charge in [-0.15, -0.1) is 6.58 Å². The van der Waals surface area contributed by atoms with E-state index in [0.29, 0.717) is 6.42 Å². The topological polar surface area (TPSA) is 80.7 Å². The molecule has 0 fully saturated rings. The fourth-order valence-electron chi connectivity index (χ4n) is 1.70. The van der Waals surface area contributed by atoms with Crippen molar-refractivity contribution in [2.24, 2.45) is 5.73 Å². The summed E-state index contributed by atoms with van der Waals surface area (Å²) in [6.07, 6.45) is 4.23. The Balaban J connectivity index is 2.30. The number of para-hydroxylation sites is 1. The standard InChI is InChI=1S/C13H16N4/c1-2-5-11(15)13-16-8-12(17-13)9-6-3-4-7-10(9)14/h2-4,6-8,11H,1,5,14-15H2,(H,16,17). The minimum Gasteiger partial charge on any atom is -0.398 e. The second kappa shape index (κ2) is 4.84. The lowest BCUT2D eigenvalue weighted by Crippen LogP contribution is -2.10. The van der Waals surface area contributed by atoms with Crippen LogP contribution in [0.25, 0.3) is 11.3 Å². The first-order valence-electron chi connectivity index (χ1n) is 5.48. The Morgan fingerprint density at radius 3 is 2.88 bits per heavy atom. The summed E-state index contributed by atoms with van der Waals surface area (Å²) in [5, 5.41) is 0. The third-order valence-electron chi connectivity index (χ3n) is 2.62. The molecular formula is C13H16N4. The molecule has 0 saturated carbocycles. The van der Waals surface area contributed by atoms with E-state index in [0.717, 1.165) is 22.8 Å². The van der Waals surface area contributed by atoms with Crippen LogP contribution in [0.2, 0.25) is 0 Å². The molecule has 0 saturated heterocycles. The van der Waals surface area contributed by atoms with Gasteiger partial charge in [-0.3, -0.25) is 0 Å². The quantitative estimate of drug-likeness (QED) is 0.554. The van der Waals surface area contributed by atoms with Gasteiger partial charge in [0.25, 0.3) is 0 Å². The van der Waals surface area contributed by atoms with E-state index in [1.54, 1.807) is 12.3 Å². The molecule has 1 heterocycles. The zero-order valence-electron chi connectivity index (χ0n) is 9.56. The van der Waals surface area contributed by atoms with Crippen LogP contribution in [0.3, 0.4) is 0 Å². The predicted molar refractivity (Wildman–Crippen MR) is 70.2 cm³/mol. The van der Waals surface area contributed by atoms with Gasteiger partial charge in [0, 0.05) is 11.3 Å². The summed E-state index contributed by atoms with van der Waals surface area (Å²) in [5.41, 5.74) is 14.4. The van der Waals surface area contributed by atoms with Crippen LogP contribution in [-0.2, 0) is 0 Å². The second-order valence-electron chi connectivity index (χ2n) is 3.90. The minimum absolute atomic E-state index is 0.147. The monoisotopic (exact) mass is 228 g/mol. The van der Waals surface area contributed by atoms with Crippen molar-refractivity contribution in [3.05, 3.63) is 48.9 Å². The van der Waals surface area contributed by atoms with Crippen molar-refractivity contribution in [2.75, 3.05) is 5.73 Å². The Morgan fingerprint density at radius 1 is 1.41 bits per heavy atom. The van der Waals surface area contributed by atoms with Gasteiger partial charge < -0.3 is 16.5 Å². The van der Waals surface area contributed by atoms with Crippen LogP contribution in [-0.4, -0.2) is 9.97 Å². The van der Waals surface area contributed by atoms with Gasteiger partial charge in [0.15, 0.2) is 0 Å². The van der Waals surface area contributed by atoms with Crippen molar-refractivity contribution in [3.63, 3.8) is 0 Å². The fourth-order valence-corrected chi connectivity index (χ4v) is 1.70. The number of aromatic nitrogens is 2. The van der Waals surface area contributed by atoms with Gasteiger partial charge in [-0.2, -0.15) is 0 Å². The molecule has 1 unspecified atom stereocenters. The summed E-state index contributed by atoms with van der Waals surface area (Å²) in [6, 6.07) is 7.51. The number of nitrogens with one attached hydrogen (secondary N) is 1. The summed E-state index contributed by atoms with van der Waals surface area (Å²) < 4.78 is 0. The van der Waals surface area contributed by atoms with Crippen molar-refractivity contribution in [2.45, 2.75) is 12.5 Å². The molecule has 1 aromatic carbocycles. The second-order valence-corrected chi connectivity index (χ2v) is 3.90. The minimum atomic E-state index is -0.147. The largest absolute Gasteiger partial charge is 0.398 e. The van der Waals surface area contributed by atoms with Crippen LogP contribution in [0, 0.1) is 0 Å². The summed E-state index contributed by atoms with van der Waals surface area (Å²) in [4.78, 5) is 7.46. The number of H-pyrrole nitrogens is 1. The zero-order valence-corrected chi connectivity index (χ0v) is 9.56. The Hall–Kier alpha value is -2.07. The number of nitrogen functional groups attached to an aromatic ring is 1. The third kappa shape index (κ3) is 2.37. The molecule has 4 nitrogen and oxygen atoms in total. The lowest BCUT2D eigenvalue weighted by molar-refractivity contribution is 0.694. The molecule has 1 atom stereocenters. The van der Waals surface area contributed by atoms with Gasteiger partial charge in [0.1, 0.15) is 5.82 Å². The maximum atomic E-state index is 5.94. The van der Waals surface area contributed by atoms with E-state index in [4.69, 9.17) is 11.5 Å². The number of nitrogens with zero attached hydrogens (tertiary/aromatic N) is 1. The van der Waals surface area contributed by atoms with Crippen molar-refractivity contribution in [3.8, 4) is 11.3 Å². The Bertz CT molecular complexity index is 516. The van der Waals surface area contributed by atoms with E-state index in [-0.39, 0.29) is 6.04 Å². The van der Waals surface area contributed by atoms with Crippen LogP contribution in [0.4, 0.5) is 5.69 Å². The van der Waals surface area contributed by atoms with E-state index < -0.39 is 0 Å². The number of anilines is 1. The molecule has 0 aliphatic heterocycles. The molecule has 0 amide bonds. The molecule has 88 valence electrons. The van der Waals surface area contributed by atoms with E-state index in [9.17, 15) is 0 Å². The van der Waals surface area contributed by atoms with Crippen LogP contribution in [0.1, 0.15) is 18.3 Å². The van der Waals surface area contributed by atoms with Gasteiger partial charge in [0.05, 0.1) is 17.9 Å². The number of benzene rings is 1. The van der Waals surface area contributed by atoms with Gasteiger partial charge in [-0.05, 0) is 12.5 Å². The average molecular weight is 228 g/mol. The van der Waals surface area contributed by atoms with Crippen LogP contribution >= 0.6 is 0 Å². The summed E-state index contributed by atoms with van der Waals surface area (Å²) in [5.74, 6) is 0.753. The van der Waals surface area contributed by atoms with Crippen molar-refractivity contribution >= 4 is 5.69 Å². The highest BCUT2D eigenvalue weighted by Crippen LogP contribution is 2.24. The third-order valence-corrected chi connectivity index (χ3v) is 2.62. The normalized spacial score (nSPS) is 12.3. The number of rotatable bonds is 4. The van der Waals surface area contributed by atoms with Crippen molar-refractivity contribution in [1.82, 2.24) is 9.97 Å². The lowest BCUT2D eigenvalue weighted by atomic mass is 10.1. The number of aromatic amines is 1. The molecule has 2 aromatic rings. The first-order chi connectivity index (χ1) is 8.22. The number of nitrogens with two attached hydrogens (primary N) is 2. The van der Waals surface area contributed by atoms with E-state index in [1.807, 2.05) is 24.3 Å². The molecule has 0 bridgehead atoms. The van der Waals surface area contributed by atoms with Crippen molar-refractivity contribution < 1.29 is 0 Å². The van der Waals surface area contributed by atoms with Crippen LogP contribution in [0.15, 0.2) is 43.1 Å². The molecule has 0 radical (unpaired) electrons. The lowest BCUT2D eigenvalue weighted by Gasteiger charge is -2.05. The first-order valence-corrected chi connectivity index (χ1v) is 5.48. The Kier molecular flexibility index (Phi) is 3.25. The van der Waals surface area contributed by atoms with E-state index in [1.165, 1.54) is 0 Å². The smallest absolute Gasteiger partial charge is 0.123 e. The number of hydrogen-bond acceptors (Lipinski definition) is 3. The molecule has 2 rings (SSSR count). The predicted octanol–water partition coefficient (Wildman–Crippen LogP) is 2.23. The maximum absolute atomic E-state index is 5.94. The number of hydrogen-bond donors (Lipinski definition) is 3. The summed E-state index contributed by atoms with van der Waals surface area (Å²) in [6.45, 7) is 3.66. The highest BCUT2D eigenvalue weighted by Gasteiger charge is 2.10. The summed E-state index contributed by atoms with van der Waals surface area (Å²) >= 11 is 0. The highest BCUT2D eigenvalue weighted by molar-refractivity contribution is 5.73.